The second-order valence-corrected chi connectivity index (χ2v) is 5.50. The number of anilines is 1. The van der Waals surface area contributed by atoms with Crippen molar-refractivity contribution in [2.75, 3.05) is 45.2 Å². The van der Waals surface area contributed by atoms with Gasteiger partial charge in [-0.3, -0.25) is 0 Å². The van der Waals surface area contributed by atoms with Crippen LogP contribution in [0.1, 0.15) is 18.9 Å². The zero-order valence-electron chi connectivity index (χ0n) is 12.5. The van der Waals surface area contributed by atoms with Gasteiger partial charge in [0.05, 0.1) is 6.04 Å². The Morgan fingerprint density at radius 2 is 2.05 bits per heavy atom. The Morgan fingerprint density at radius 1 is 1.26 bits per heavy atom. The van der Waals surface area contributed by atoms with Gasteiger partial charge in [-0.15, -0.1) is 0 Å². The van der Waals surface area contributed by atoms with Crippen molar-refractivity contribution < 1.29 is 0 Å². The van der Waals surface area contributed by atoms with Gasteiger partial charge in [-0.05, 0) is 45.1 Å². The van der Waals surface area contributed by atoms with Crippen LogP contribution in [-0.2, 0) is 6.42 Å². The van der Waals surface area contributed by atoms with E-state index in [4.69, 9.17) is 0 Å². The monoisotopic (exact) mass is 261 g/mol. The highest BCUT2D eigenvalue weighted by Crippen LogP contribution is 2.24. The number of nitrogens with one attached hydrogen (secondary N) is 1. The van der Waals surface area contributed by atoms with Crippen LogP contribution < -0.4 is 10.2 Å². The fourth-order valence-corrected chi connectivity index (χ4v) is 3.06. The minimum atomic E-state index is 0.560. The maximum atomic E-state index is 3.35. The van der Waals surface area contributed by atoms with E-state index in [2.05, 4.69) is 60.4 Å². The van der Waals surface area contributed by atoms with Gasteiger partial charge in [-0.1, -0.05) is 25.1 Å². The van der Waals surface area contributed by atoms with E-state index in [0.717, 1.165) is 26.1 Å². The molecule has 3 heteroatoms. The van der Waals surface area contributed by atoms with E-state index in [1.54, 1.807) is 0 Å². The Balaban J connectivity index is 2.27. The van der Waals surface area contributed by atoms with Gasteiger partial charge < -0.3 is 15.1 Å². The second kappa shape index (κ2) is 6.92. The van der Waals surface area contributed by atoms with Crippen LogP contribution in [0.25, 0.3) is 0 Å². The average Bonchev–Trinajstić information content (AvgIpc) is 2.60. The van der Waals surface area contributed by atoms with Crippen molar-refractivity contribution in [2.45, 2.75) is 25.8 Å². The summed E-state index contributed by atoms with van der Waals surface area (Å²) in [6.07, 6.45) is 2.35. The minimum absolute atomic E-state index is 0.560. The Morgan fingerprint density at radius 3 is 2.79 bits per heavy atom. The summed E-state index contributed by atoms with van der Waals surface area (Å²) in [4.78, 5) is 5.06. The average molecular weight is 261 g/mol. The molecule has 0 saturated carbocycles. The van der Waals surface area contributed by atoms with Crippen LogP contribution in [0, 0.1) is 0 Å². The molecule has 0 aliphatic carbocycles. The lowest BCUT2D eigenvalue weighted by molar-refractivity contribution is 0.328. The van der Waals surface area contributed by atoms with E-state index < -0.39 is 0 Å². The van der Waals surface area contributed by atoms with Crippen molar-refractivity contribution in [3.8, 4) is 0 Å². The molecule has 3 nitrogen and oxygen atoms in total. The lowest BCUT2D eigenvalue weighted by Gasteiger charge is -2.34. The second-order valence-electron chi connectivity index (χ2n) is 5.50. The van der Waals surface area contributed by atoms with E-state index in [1.165, 1.54) is 24.2 Å². The Hall–Kier alpha value is -1.06. The van der Waals surface area contributed by atoms with Crippen LogP contribution in [0.5, 0.6) is 0 Å². The maximum Gasteiger partial charge on any atom is 0.0541 e. The van der Waals surface area contributed by atoms with Crippen molar-refractivity contribution in [1.29, 1.82) is 0 Å². The topological polar surface area (TPSA) is 18.5 Å². The van der Waals surface area contributed by atoms with Gasteiger partial charge >= 0.3 is 0 Å². The van der Waals surface area contributed by atoms with E-state index in [9.17, 15) is 0 Å². The molecule has 1 unspecified atom stereocenters. The molecule has 0 radical (unpaired) electrons. The number of hydrogen-bond acceptors (Lipinski definition) is 3. The van der Waals surface area contributed by atoms with Gasteiger partial charge in [0.2, 0.25) is 0 Å². The van der Waals surface area contributed by atoms with Crippen molar-refractivity contribution in [2.24, 2.45) is 0 Å². The number of aryl methyl sites for hydroxylation is 1. The molecule has 106 valence electrons. The molecule has 0 bridgehead atoms. The van der Waals surface area contributed by atoms with E-state index >= 15 is 0 Å². The molecular weight excluding hydrogens is 234 g/mol. The van der Waals surface area contributed by atoms with Crippen molar-refractivity contribution in [3.63, 3.8) is 0 Å². The first-order chi connectivity index (χ1) is 9.26. The summed E-state index contributed by atoms with van der Waals surface area (Å²) >= 11 is 0. The highest BCUT2D eigenvalue weighted by Gasteiger charge is 2.24. The van der Waals surface area contributed by atoms with Gasteiger partial charge in [0.25, 0.3) is 0 Å². The molecule has 0 amide bonds. The third kappa shape index (κ3) is 3.48. The number of nitrogens with zero attached hydrogens (tertiary/aromatic N) is 2. The number of likely N-dealkylation sites (N-methyl/N-ethyl adjacent to an activating group) is 2. The van der Waals surface area contributed by atoms with Crippen LogP contribution in [-0.4, -0.2) is 51.2 Å². The Labute approximate surface area is 117 Å². The largest absolute Gasteiger partial charge is 0.366 e. The molecule has 2 rings (SSSR count). The SMILES string of the molecule is CCc1ccccc1N1CCCN(C)CC1CNC. The van der Waals surface area contributed by atoms with Crippen LogP contribution in [0.3, 0.4) is 0 Å². The number of hydrogen-bond donors (Lipinski definition) is 1. The summed E-state index contributed by atoms with van der Waals surface area (Å²) in [5.41, 5.74) is 2.90. The fourth-order valence-electron chi connectivity index (χ4n) is 3.06. The highest BCUT2D eigenvalue weighted by atomic mass is 15.2. The molecule has 0 aromatic heterocycles. The quantitative estimate of drug-likeness (QED) is 0.894. The molecule has 1 aromatic rings. The minimum Gasteiger partial charge on any atom is -0.366 e. The summed E-state index contributed by atoms with van der Waals surface area (Å²) in [5, 5.41) is 3.35. The third-order valence-corrected chi connectivity index (χ3v) is 4.02. The Bertz CT molecular complexity index is 391. The molecule has 1 fully saturated rings. The van der Waals surface area contributed by atoms with E-state index in [1.807, 2.05) is 0 Å². The van der Waals surface area contributed by atoms with Crippen molar-refractivity contribution in [3.05, 3.63) is 29.8 Å². The molecular formula is C16H27N3. The summed E-state index contributed by atoms with van der Waals surface area (Å²) in [6, 6.07) is 9.43. The van der Waals surface area contributed by atoms with Crippen LogP contribution in [0.4, 0.5) is 5.69 Å². The van der Waals surface area contributed by atoms with E-state index in [0.29, 0.717) is 6.04 Å². The van der Waals surface area contributed by atoms with Gasteiger partial charge in [0.1, 0.15) is 0 Å². The lowest BCUT2D eigenvalue weighted by Crippen LogP contribution is -2.46. The van der Waals surface area contributed by atoms with E-state index in [-0.39, 0.29) is 0 Å². The molecule has 1 heterocycles. The molecule has 19 heavy (non-hydrogen) atoms. The first kappa shape index (κ1) is 14.4. The smallest absolute Gasteiger partial charge is 0.0541 e. The lowest BCUT2D eigenvalue weighted by atomic mass is 10.1. The first-order valence-electron chi connectivity index (χ1n) is 7.44. The van der Waals surface area contributed by atoms with Crippen LogP contribution >= 0.6 is 0 Å². The zero-order valence-corrected chi connectivity index (χ0v) is 12.5. The molecule has 0 spiro atoms. The summed E-state index contributed by atoms with van der Waals surface area (Å²) in [5.74, 6) is 0. The fraction of sp³-hybridized carbons (Fsp3) is 0.625. The standard InChI is InChI=1S/C16H27N3/c1-4-14-8-5-6-9-16(14)19-11-7-10-18(3)13-15(19)12-17-2/h5-6,8-9,15,17H,4,7,10-13H2,1-3H3. The van der Waals surface area contributed by atoms with Crippen LogP contribution in [0.15, 0.2) is 24.3 Å². The van der Waals surface area contributed by atoms with Gasteiger partial charge in [-0.25, -0.2) is 0 Å². The van der Waals surface area contributed by atoms with Crippen molar-refractivity contribution in [1.82, 2.24) is 10.2 Å². The zero-order chi connectivity index (χ0) is 13.7. The number of rotatable bonds is 4. The summed E-state index contributed by atoms with van der Waals surface area (Å²) in [7, 11) is 4.28. The van der Waals surface area contributed by atoms with Gasteiger partial charge in [-0.2, -0.15) is 0 Å². The molecule has 1 aromatic carbocycles. The maximum absolute atomic E-state index is 3.35. The molecule has 1 saturated heterocycles. The normalized spacial score (nSPS) is 21.4. The first-order valence-corrected chi connectivity index (χ1v) is 7.44. The number of para-hydroxylation sites is 1. The highest BCUT2D eigenvalue weighted by molar-refractivity contribution is 5.54. The van der Waals surface area contributed by atoms with Gasteiger partial charge in [0.15, 0.2) is 0 Å². The molecule has 1 aliphatic heterocycles. The predicted octanol–water partition coefficient (Wildman–Crippen LogP) is 1.98. The Kier molecular flexibility index (Phi) is 5.23. The third-order valence-electron chi connectivity index (χ3n) is 4.02. The van der Waals surface area contributed by atoms with Gasteiger partial charge in [0, 0.05) is 25.3 Å². The molecule has 1 aliphatic rings. The summed E-state index contributed by atoms with van der Waals surface area (Å²) in [6.45, 7) is 6.79. The molecule has 1 atom stereocenters. The summed E-state index contributed by atoms with van der Waals surface area (Å²) < 4.78 is 0. The number of benzene rings is 1. The van der Waals surface area contributed by atoms with Crippen LogP contribution in [0.2, 0.25) is 0 Å². The molecule has 1 N–H and O–H groups in total. The van der Waals surface area contributed by atoms with Crippen molar-refractivity contribution >= 4 is 5.69 Å². The predicted molar refractivity (Wildman–Crippen MR) is 83.0 cm³/mol.